The van der Waals surface area contributed by atoms with Crippen molar-refractivity contribution in [3.8, 4) is 11.5 Å². The largest absolute Gasteiger partial charge is 0.457 e. The molecular weight excluding hydrogens is 382 g/mol. The Kier molecular flexibility index (Phi) is 4.91. The van der Waals surface area contributed by atoms with Crippen molar-refractivity contribution < 1.29 is 14.1 Å². The first-order valence-electron chi connectivity index (χ1n) is 9.55. The Morgan fingerprint density at radius 2 is 1.83 bits per heavy atom. The number of hydrogen-bond donors (Lipinski definition) is 2. The smallest absolute Gasteiger partial charge is 0.324 e. The number of rotatable bonds is 4. The predicted molar refractivity (Wildman–Crippen MR) is 114 cm³/mol. The van der Waals surface area contributed by atoms with Gasteiger partial charge in [0, 0.05) is 35.6 Å². The SMILES string of the molecule is Cc1cn2ccc(Oc3ccc(NC(=O)Nc4cc(C(C)(C)C)on4)cc3)cc2n1. The summed E-state index contributed by atoms with van der Waals surface area (Å²) in [7, 11) is 0. The zero-order chi connectivity index (χ0) is 21.3. The van der Waals surface area contributed by atoms with Crippen molar-refractivity contribution in [2.75, 3.05) is 10.6 Å². The van der Waals surface area contributed by atoms with Crippen LogP contribution in [0.1, 0.15) is 32.2 Å². The lowest BCUT2D eigenvalue weighted by molar-refractivity contribution is 0.262. The van der Waals surface area contributed by atoms with Gasteiger partial charge in [-0.1, -0.05) is 25.9 Å². The van der Waals surface area contributed by atoms with E-state index in [9.17, 15) is 4.79 Å². The number of fused-ring (bicyclic) bond motifs is 1. The monoisotopic (exact) mass is 405 g/mol. The maximum absolute atomic E-state index is 12.2. The van der Waals surface area contributed by atoms with Crippen LogP contribution in [0.4, 0.5) is 16.3 Å². The molecule has 0 saturated carbocycles. The van der Waals surface area contributed by atoms with E-state index in [1.807, 2.05) is 56.6 Å². The molecule has 4 aromatic rings. The van der Waals surface area contributed by atoms with Crippen LogP contribution in [0.15, 0.2) is 59.4 Å². The van der Waals surface area contributed by atoms with Crippen molar-refractivity contribution in [3.63, 3.8) is 0 Å². The minimum Gasteiger partial charge on any atom is -0.457 e. The normalized spacial score (nSPS) is 11.5. The van der Waals surface area contributed by atoms with E-state index in [0.717, 1.165) is 11.3 Å². The maximum atomic E-state index is 12.2. The van der Waals surface area contributed by atoms with E-state index in [2.05, 4.69) is 20.8 Å². The molecule has 0 aliphatic rings. The number of anilines is 2. The van der Waals surface area contributed by atoms with Gasteiger partial charge in [-0.3, -0.25) is 5.32 Å². The number of ether oxygens (including phenoxy) is 1. The molecule has 0 saturated heterocycles. The first-order chi connectivity index (χ1) is 14.3. The van der Waals surface area contributed by atoms with Crippen LogP contribution in [0.5, 0.6) is 11.5 Å². The molecule has 3 heterocycles. The van der Waals surface area contributed by atoms with E-state index in [4.69, 9.17) is 9.26 Å². The average molecular weight is 405 g/mol. The highest BCUT2D eigenvalue weighted by atomic mass is 16.5. The van der Waals surface area contributed by atoms with Crippen LogP contribution < -0.4 is 15.4 Å². The average Bonchev–Trinajstić information content (AvgIpc) is 3.28. The highest BCUT2D eigenvalue weighted by molar-refractivity contribution is 5.99. The predicted octanol–water partition coefficient (Wildman–Crippen LogP) is 5.36. The molecule has 0 radical (unpaired) electrons. The Morgan fingerprint density at radius 3 is 2.53 bits per heavy atom. The number of imidazole rings is 1. The molecule has 0 unspecified atom stereocenters. The summed E-state index contributed by atoms with van der Waals surface area (Å²) in [4.78, 5) is 16.6. The molecule has 0 aliphatic heterocycles. The van der Waals surface area contributed by atoms with Gasteiger partial charge in [0.25, 0.3) is 0 Å². The maximum Gasteiger partial charge on any atom is 0.324 e. The number of aromatic nitrogens is 3. The lowest BCUT2D eigenvalue weighted by Gasteiger charge is -2.12. The summed E-state index contributed by atoms with van der Waals surface area (Å²) in [6, 6.07) is 12.1. The molecule has 30 heavy (non-hydrogen) atoms. The zero-order valence-corrected chi connectivity index (χ0v) is 17.3. The number of carbonyl (C=O) groups is 1. The summed E-state index contributed by atoms with van der Waals surface area (Å²) < 4.78 is 13.1. The fraction of sp³-hybridized carbons (Fsp3) is 0.227. The molecule has 0 aliphatic carbocycles. The molecule has 8 heteroatoms. The second-order valence-corrected chi connectivity index (χ2v) is 8.04. The van der Waals surface area contributed by atoms with Crippen molar-refractivity contribution in [1.29, 1.82) is 0 Å². The standard InChI is InChI=1S/C22H23N5O3/c1-14-13-27-10-9-17(11-20(27)23-14)29-16-7-5-15(6-8-16)24-21(28)25-19-12-18(30-26-19)22(2,3)4/h5-13H,1-4H3,(H2,24,25,26,28). The van der Waals surface area contributed by atoms with Crippen molar-refractivity contribution in [3.05, 3.63) is 66.3 Å². The molecule has 0 bridgehead atoms. The minimum absolute atomic E-state index is 0.180. The van der Waals surface area contributed by atoms with Gasteiger partial charge in [0.2, 0.25) is 0 Å². The Bertz CT molecular complexity index is 1190. The fourth-order valence-corrected chi connectivity index (χ4v) is 2.86. The van der Waals surface area contributed by atoms with Gasteiger partial charge in [0.1, 0.15) is 22.9 Å². The number of pyridine rings is 1. The first kappa shape index (κ1) is 19.5. The number of urea groups is 1. The van der Waals surface area contributed by atoms with Gasteiger partial charge in [0.15, 0.2) is 5.82 Å². The number of benzene rings is 1. The van der Waals surface area contributed by atoms with Gasteiger partial charge in [0.05, 0.1) is 5.69 Å². The molecule has 4 rings (SSSR count). The molecule has 0 fully saturated rings. The number of aryl methyl sites for hydroxylation is 1. The summed E-state index contributed by atoms with van der Waals surface area (Å²) in [5.74, 6) is 2.40. The van der Waals surface area contributed by atoms with Crippen LogP contribution in [-0.2, 0) is 5.41 Å². The molecule has 1 aromatic carbocycles. The fourth-order valence-electron chi connectivity index (χ4n) is 2.86. The number of hydrogen-bond acceptors (Lipinski definition) is 5. The topological polar surface area (TPSA) is 93.7 Å². The summed E-state index contributed by atoms with van der Waals surface area (Å²) in [6.07, 6.45) is 3.85. The van der Waals surface area contributed by atoms with Crippen LogP contribution in [0.2, 0.25) is 0 Å². The number of amides is 2. The summed E-state index contributed by atoms with van der Waals surface area (Å²) in [5.41, 5.74) is 2.21. The van der Waals surface area contributed by atoms with Gasteiger partial charge in [-0.05, 0) is 37.3 Å². The van der Waals surface area contributed by atoms with Gasteiger partial charge in [-0.25, -0.2) is 9.78 Å². The molecular formula is C22H23N5O3. The van der Waals surface area contributed by atoms with Crippen LogP contribution in [0.3, 0.4) is 0 Å². The molecule has 2 N–H and O–H groups in total. The lowest BCUT2D eigenvalue weighted by Crippen LogP contribution is -2.19. The van der Waals surface area contributed by atoms with Crippen LogP contribution >= 0.6 is 0 Å². The van der Waals surface area contributed by atoms with E-state index in [-0.39, 0.29) is 5.41 Å². The second-order valence-electron chi connectivity index (χ2n) is 8.04. The van der Waals surface area contributed by atoms with Gasteiger partial charge >= 0.3 is 6.03 Å². The summed E-state index contributed by atoms with van der Waals surface area (Å²) in [5, 5.41) is 9.29. The Morgan fingerprint density at radius 1 is 1.07 bits per heavy atom. The molecule has 2 amide bonds. The molecule has 3 aromatic heterocycles. The van der Waals surface area contributed by atoms with Crippen LogP contribution in [-0.4, -0.2) is 20.6 Å². The third-order valence-corrected chi connectivity index (χ3v) is 4.39. The highest BCUT2D eigenvalue weighted by Gasteiger charge is 2.20. The second kappa shape index (κ2) is 7.55. The van der Waals surface area contributed by atoms with E-state index in [1.54, 1.807) is 30.3 Å². The summed E-state index contributed by atoms with van der Waals surface area (Å²) in [6.45, 7) is 7.97. The number of carbonyl (C=O) groups excluding carboxylic acids is 1. The Labute approximate surface area is 173 Å². The Hall–Kier alpha value is -3.81. The number of nitrogens with zero attached hydrogens (tertiary/aromatic N) is 3. The van der Waals surface area contributed by atoms with Crippen molar-refractivity contribution >= 4 is 23.2 Å². The summed E-state index contributed by atoms with van der Waals surface area (Å²) >= 11 is 0. The minimum atomic E-state index is -0.405. The lowest BCUT2D eigenvalue weighted by atomic mass is 9.93. The highest BCUT2D eigenvalue weighted by Crippen LogP contribution is 2.26. The third kappa shape index (κ3) is 4.43. The van der Waals surface area contributed by atoms with Gasteiger partial charge in [-0.15, -0.1) is 0 Å². The molecule has 0 spiro atoms. The van der Waals surface area contributed by atoms with E-state index in [1.165, 1.54) is 0 Å². The Balaban J connectivity index is 1.36. The first-order valence-corrected chi connectivity index (χ1v) is 9.55. The molecule has 8 nitrogen and oxygen atoms in total. The van der Waals surface area contributed by atoms with Crippen LogP contribution in [0.25, 0.3) is 5.65 Å². The third-order valence-electron chi connectivity index (χ3n) is 4.39. The quantitative estimate of drug-likeness (QED) is 0.476. The van der Waals surface area contributed by atoms with E-state index >= 15 is 0 Å². The zero-order valence-electron chi connectivity index (χ0n) is 17.3. The van der Waals surface area contributed by atoms with E-state index in [0.29, 0.717) is 28.8 Å². The van der Waals surface area contributed by atoms with Gasteiger partial charge < -0.3 is 19.0 Å². The molecule has 0 atom stereocenters. The van der Waals surface area contributed by atoms with Crippen LogP contribution in [0, 0.1) is 6.92 Å². The van der Waals surface area contributed by atoms with Gasteiger partial charge in [-0.2, -0.15) is 0 Å². The van der Waals surface area contributed by atoms with Crippen molar-refractivity contribution in [1.82, 2.24) is 14.5 Å². The number of nitrogens with one attached hydrogen (secondary N) is 2. The molecule has 154 valence electrons. The van der Waals surface area contributed by atoms with Crippen molar-refractivity contribution in [2.45, 2.75) is 33.1 Å². The van der Waals surface area contributed by atoms with Crippen molar-refractivity contribution in [2.24, 2.45) is 0 Å². The van der Waals surface area contributed by atoms with E-state index < -0.39 is 6.03 Å².